The van der Waals surface area contributed by atoms with Gasteiger partial charge in [0, 0.05) is 0 Å². The highest BCUT2D eigenvalue weighted by Crippen LogP contribution is 2.18. The fourth-order valence-electron chi connectivity index (χ4n) is 1.35. The molecular weight excluding hydrogens is 188 g/mol. The molecule has 0 amide bonds. The fraction of sp³-hybridized carbons (Fsp3) is 0.538. The summed E-state index contributed by atoms with van der Waals surface area (Å²) in [6, 6.07) is 7.98. The zero-order valence-electron chi connectivity index (χ0n) is 9.75. The molecule has 0 saturated heterocycles. The molecule has 83 valence electrons. The van der Waals surface area contributed by atoms with Crippen LogP contribution in [0.3, 0.4) is 0 Å². The van der Waals surface area contributed by atoms with Crippen molar-refractivity contribution in [3.63, 3.8) is 0 Å². The first-order chi connectivity index (χ1) is 7.01. The van der Waals surface area contributed by atoms with Crippen molar-refractivity contribution in [1.29, 1.82) is 0 Å². The van der Waals surface area contributed by atoms with Gasteiger partial charge in [0.05, 0.1) is 6.61 Å². The monoisotopic (exact) mass is 207 g/mol. The van der Waals surface area contributed by atoms with Crippen molar-refractivity contribution >= 4 is 0 Å². The molecule has 0 aromatic heterocycles. The lowest BCUT2D eigenvalue weighted by atomic mass is 10.1. The maximum absolute atomic E-state index is 10.3. The van der Waals surface area contributed by atoms with Crippen LogP contribution in [0.2, 0.25) is 0 Å². The van der Waals surface area contributed by atoms with Gasteiger partial charge < -0.3 is 4.74 Å². The molecule has 0 N–H and O–H groups in total. The number of ether oxygens (including phenoxy) is 1. The zero-order valence-corrected chi connectivity index (χ0v) is 9.75. The molecule has 0 aliphatic heterocycles. The van der Waals surface area contributed by atoms with Crippen molar-refractivity contribution in [2.24, 2.45) is 0 Å². The summed E-state index contributed by atoms with van der Waals surface area (Å²) in [5.74, 6) is 0.883. The molecule has 0 aliphatic rings. The Hall–Kier alpha value is -1.02. The Morgan fingerprint density at radius 3 is 2.20 bits per heavy atom. The highest BCUT2D eigenvalue weighted by molar-refractivity contribution is 5.27. The third-order valence-corrected chi connectivity index (χ3v) is 1.96. The summed E-state index contributed by atoms with van der Waals surface area (Å²) in [5.41, 5.74) is 1.04. The molecule has 1 radical (unpaired) electrons. The van der Waals surface area contributed by atoms with Crippen LogP contribution in [-0.4, -0.2) is 12.2 Å². The Labute approximate surface area is 91.9 Å². The van der Waals surface area contributed by atoms with Crippen LogP contribution in [0, 0.1) is 0 Å². The maximum atomic E-state index is 10.3. The van der Waals surface area contributed by atoms with Crippen LogP contribution in [-0.2, 0) is 11.5 Å². The van der Waals surface area contributed by atoms with Crippen LogP contribution < -0.4 is 4.74 Å². The Morgan fingerprint density at radius 1 is 1.13 bits per heavy atom. The molecule has 15 heavy (non-hydrogen) atoms. The van der Waals surface area contributed by atoms with Gasteiger partial charge in [-0.1, -0.05) is 12.1 Å². The maximum Gasteiger partial charge on any atom is 0.120 e. The average Bonchev–Trinajstić information content (AvgIpc) is 2.14. The summed E-state index contributed by atoms with van der Waals surface area (Å²) in [4.78, 5) is 0. The summed E-state index contributed by atoms with van der Waals surface area (Å²) in [7, 11) is 0. The van der Waals surface area contributed by atoms with E-state index in [9.17, 15) is 5.11 Å². The van der Waals surface area contributed by atoms with E-state index in [4.69, 9.17) is 4.74 Å². The SMILES string of the molecule is CC(C)(C)Oc1ccc(CCC[O])cc1. The first kappa shape index (κ1) is 12.1. The lowest BCUT2D eigenvalue weighted by molar-refractivity contribution is 0.131. The molecule has 0 bridgehead atoms. The first-order valence-corrected chi connectivity index (χ1v) is 5.37. The molecule has 0 spiro atoms. The number of hydrogen-bond acceptors (Lipinski definition) is 1. The highest BCUT2D eigenvalue weighted by atomic mass is 16.5. The second-order valence-electron chi connectivity index (χ2n) is 4.67. The fourth-order valence-corrected chi connectivity index (χ4v) is 1.35. The van der Waals surface area contributed by atoms with E-state index < -0.39 is 0 Å². The van der Waals surface area contributed by atoms with Gasteiger partial charge in [-0.15, -0.1) is 0 Å². The first-order valence-electron chi connectivity index (χ1n) is 5.37. The van der Waals surface area contributed by atoms with Crippen LogP contribution in [0.15, 0.2) is 24.3 Å². The van der Waals surface area contributed by atoms with Crippen molar-refractivity contribution < 1.29 is 9.84 Å². The summed E-state index contributed by atoms with van der Waals surface area (Å²) in [6.45, 7) is 6.08. The van der Waals surface area contributed by atoms with Crippen molar-refractivity contribution in [3.05, 3.63) is 29.8 Å². The molecular formula is C13H19O2. The molecule has 0 heterocycles. The molecule has 0 atom stereocenters. The van der Waals surface area contributed by atoms with Gasteiger partial charge >= 0.3 is 0 Å². The van der Waals surface area contributed by atoms with E-state index >= 15 is 0 Å². The van der Waals surface area contributed by atoms with Gasteiger partial charge in [-0.25, -0.2) is 5.11 Å². The molecule has 0 unspecified atom stereocenters. The molecule has 1 aromatic rings. The summed E-state index contributed by atoms with van der Waals surface area (Å²) >= 11 is 0. The quantitative estimate of drug-likeness (QED) is 0.745. The minimum absolute atomic E-state index is 0.000241. The lowest BCUT2D eigenvalue weighted by Crippen LogP contribution is -2.22. The minimum atomic E-state index is -0.156. The van der Waals surface area contributed by atoms with Gasteiger partial charge in [0.2, 0.25) is 0 Å². The molecule has 0 saturated carbocycles. The van der Waals surface area contributed by atoms with Gasteiger partial charge in [-0.2, -0.15) is 0 Å². The summed E-state index contributed by atoms with van der Waals surface area (Å²) in [5, 5.41) is 10.3. The van der Waals surface area contributed by atoms with Crippen molar-refractivity contribution in [1.82, 2.24) is 0 Å². The Morgan fingerprint density at radius 2 is 1.73 bits per heavy atom. The third kappa shape index (κ3) is 4.84. The Balaban J connectivity index is 2.56. The van der Waals surface area contributed by atoms with Gasteiger partial charge in [0.15, 0.2) is 0 Å². The molecule has 1 aromatic carbocycles. The second kappa shape index (κ2) is 5.17. The van der Waals surface area contributed by atoms with E-state index in [1.165, 1.54) is 5.56 Å². The summed E-state index contributed by atoms with van der Waals surface area (Å²) < 4.78 is 5.70. The van der Waals surface area contributed by atoms with Crippen LogP contribution in [0.1, 0.15) is 32.8 Å². The number of rotatable bonds is 4. The topological polar surface area (TPSA) is 29.1 Å². The van der Waals surface area contributed by atoms with E-state index in [0.29, 0.717) is 6.42 Å². The van der Waals surface area contributed by atoms with Crippen LogP contribution in [0.25, 0.3) is 0 Å². The van der Waals surface area contributed by atoms with Crippen molar-refractivity contribution in [2.45, 2.75) is 39.2 Å². The summed E-state index contributed by atoms with van der Waals surface area (Å²) in [6.07, 6.45) is 1.57. The molecule has 2 heteroatoms. The molecule has 0 aliphatic carbocycles. The normalized spacial score (nSPS) is 11.5. The second-order valence-corrected chi connectivity index (χ2v) is 4.67. The van der Waals surface area contributed by atoms with Crippen molar-refractivity contribution in [3.8, 4) is 5.75 Å². The standard InChI is InChI=1S/C13H19O2/c1-13(2,3)15-12-8-6-11(7-9-12)5-4-10-14/h6-9H,4-5,10H2,1-3H3. The lowest BCUT2D eigenvalue weighted by Gasteiger charge is -2.21. The van der Waals surface area contributed by atoms with Gasteiger partial charge in [-0.05, 0) is 51.3 Å². The van der Waals surface area contributed by atoms with Gasteiger partial charge in [0.25, 0.3) is 0 Å². The van der Waals surface area contributed by atoms with E-state index in [2.05, 4.69) is 0 Å². The van der Waals surface area contributed by atoms with Crippen LogP contribution >= 0.6 is 0 Å². The van der Waals surface area contributed by atoms with Gasteiger partial charge in [0.1, 0.15) is 11.4 Å². The van der Waals surface area contributed by atoms with Crippen LogP contribution in [0.5, 0.6) is 5.75 Å². The minimum Gasteiger partial charge on any atom is -0.488 e. The van der Waals surface area contributed by atoms with E-state index in [-0.39, 0.29) is 12.2 Å². The van der Waals surface area contributed by atoms with Crippen molar-refractivity contribution in [2.75, 3.05) is 6.61 Å². The third-order valence-electron chi connectivity index (χ3n) is 1.96. The highest BCUT2D eigenvalue weighted by Gasteiger charge is 2.11. The van der Waals surface area contributed by atoms with Crippen LogP contribution in [0.4, 0.5) is 0 Å². The number of aryl methyl sites for hydroxylation is 1. The predicted molar refractivity (Wildman–Crippen MR) is 60.7 cm³/mol. The average molecular weight is 207 g/mol. The molecule has 0 fully saturated rings. The largest absolute Gasteiger partial charge is 0.488 e. The Kier molecular flexibility index (Phi) is 4.15. The zero-order chi connectivity index (χ0) is 11.3. The Bertz CT molecular complexity index is 282. The molecule has 2 nitrogen and oxygen atoms in total. The number of benzene rings is 1. The van der Waals surface area contributed by atoms with E-state index in [1.54, 1.807) is 0 Å². The molecule has 1 rings (SSSR count). The van der Waals surface area contributed by atoms with Gasteiger partial charge in [-0.3, -0.25) is 0 Å². The number of hydrogen-bond donors (Lipinski definition) is 0. The van der Waals surface area contributed by atoms with E-state index in [0.717, 1.165) is 12.2 Å². The predicted octanol–water partition coefficient (Wildman–Crippen LogP) is 3.23. The smallest absolute Gasteiger partial charge is 0.120 e. The van der Waals surface area contributed by atoms with E-state index in [1.807, 2.05) is 45.0 Å².